The van der Waals surface area contributed by atoms with Crippen molar-refractivity contribution in [2.75, 3.05) is 43.6 Å². The zero-order chi connectivity index (χ0) is 26.0. The maximum atomic E-state index is 14.3. The Balaban J connectivity index is 1.60. The molecule has 0 spiro atoms. The molecule has 37 heavy (non-hydrogen) atoms. The van der Waals surface area contributed by atoms with Crippen LogP contribution in [-0.2, 0) is 19.3 Å². The Bertz CT molecular complexity index is 1250. The van der Waals surface area contributed by atoms with Gasteiger partial charge < -0.3 is 20.3 Å². The molecule has 1 saturated heterocycles. The number of hydrogen-bond donors (Lipinski definition) is 2. The summed E-state index contributed by atoms with van der Waals surface area (Å²) >= 11 is 0. The van der Waals surface area contributed by atoms with Crippen molar-refractivity contribution in [3.05, 3.63) is 48.7 Å². The fourth-order valence-electron chi connectivity index (χ4n) is 5.54. The molecule has 2 amide bonds. The number of carbonyl (C=O) groups excluding carboxylic acids is 1. The van der Waals surface area contributed by atoms with Crippen molar-refractivity contribution in [1.29, 1.82) is 0 Å². The third-order valence-corrected chi connectivity index (χ3v) is 10.8. The molecule has 2 saturated carbocycles. The van der Waals surface area contributed by atoms with Crippen LogP contribution in [0.2, 0.25) is 0 Å². The number of benzene rings is 1. The van der Waals surface area contributed by atoms with Crippen molar-refractivity contribution in [2.45, 2.75) is 48.5 Å². The molecule has 3 fully saturated rings. The number of sulfone groups is 1. The minimum absolute atomic E-state index is 0.153. The first-order chi connectivity index (χ1) is 17.9. The largest absolute Gasteiger partial charge is 0.378 e. The third-order valence-electron chi connectivity index (χ3n) is 7.78. The van der Waals surface area contributed by atoms with Crippen LogP contribution in [0.25, 0.3) is 11.4 Å². The zero-order valence-electron chi connectivity index (χ0n) is 21.3. The summed E-state index contributed by atoms with van der Waals surface area (Å²) in [5.74, 6) is 1.35. The molecule has 3 aliphatic rings. The highest BCUT2D eigenvalue weighted by atomic mass is 32.2. The normalized spacial score (nSPS) is 20.3. The van der Waals surface area contributed by atoms with Crippen molar-refractivity contribution < 1.29 is 17.9 Å². The smallest absolute Gasteiger partial charge is 0.318 e. The molecule has 1 aliphatic heterocycles. The van der Waals surface area contributed by atoms with E-state index in [2.05, 4.69) is 22.1 Å². The van der Waals surface area contributed by atoms with Gasteiger partial charge in [-0.1, -0.05) is 18.9 Å². The average molecular weight is 526 g/mol. The van der Waals surface area contributed by atoms with E-state index in [0.717, 1.165) is 37.1 Å². The molecular formula is C27H35N5O4S. The van der Waals surface area contributed by atoms with Crippen molar-refractivity contribution in [3.63, 3.8) is 0 Å². The van der Waals surface area contributed by atoms with Crippen LogP contribution in [-0.4, -0.2) is 63.0 Å². The van der Waals surface area contributed by atoms with E-state index in [9.17, 15) is 13.2 Å². The van der Waals surface area contributed by atoms with Gasteiger partial charge in [0.15, 0.2) is 15.7 Å². The Hall–Kier alpha value is -2.98. The van der Waals surface area contributed by atoms with Gasteiger partial charge in [0, 0.05) is 37.5 Å². The molecule has 2 aliphatic carbocycles. The number of hydrogen-bond acceptors (Lipinski definition) is 7. The number of amides is 2. The second-order valence-corrected chi connectivity index (χ2v) is 12.5. The van der Waals surface area contributed by atoms with Gasteiger partial charge in [0.1, 0.15) is 10.6 Å². The van der Waals surface area contributed by atoms with Gasteiger partial charge in [0.25, 0.3) is 0 Å². The minimum Gasteiger partial charge on any atom is -0.378 e. The second-order valence-electron chi connectivity index (χ2n) is 10.1. The summed E-state index contributed by atoms with van der Waals surface area (Å²) in [6, 6.07) is 8.86. The Morgan fingerprint density at radius 3 is 2.43 bits per heavy atom. The van der Waals surface area contributed by atoms with Crippen LogP contribution < -0.4 is 15.5 Å². The van der Waals surface area contributed by atoms with Gasteiger partial charge in [-0.3, -0.25) is 0 Å². The van der Waals surface area contributed by atoms with E-state index < -0.39 is 19.8 Å². The maximum absolute atomic E-state index is 14.3. The van der Waals surface area contributed by atoms with Crippen molar-refractivity contribution in [1.82, 2.24) is 15.3 Å². The minimum atomic E-state index is -3.58. The summed E-state index contributed by atoms with van der Waals surface area (Å²) in [6.07, 6.45) is 6.30. The lowest BCUT2D eigenvalue weighted by Crippen LogP contribution is -2.42. The summed E-state index contributed by atoms with van der Waals surface area (Å²) in [7, 11) is -2.02. The first-order valence-corrected chi connectivity index (χ1v) is 14.6. The van der Waals surface area contributed by atoms with Gasteiger partial charge in [0.05, 0.1) is 24.2 Å². The predicted octanol–water partition coefficient (Wildman–Crippen LogP) is 3.88. The van der Waals surface area contributed by atoms with E-state index in [0.29, 0.717) is 56.4 Å². The van der Waals surface area contributed by atoms with Crippen LogP contribution in [0.1, 0.15) is 44.2 Å². The molecule has 1 aromatic carbocycles. The van der Waals surface area contributed by atoms with Crippen molar-refractivity contribution in [3.8, 4) is 11.4 Å². The van der Waals surface area contributed by atoms with Crippen molar-refractivity contribution >= 4 is 27.4 Å². The van der Waals surface area contributed by atoms with Gasteiger partial charge in [-0.25, -0.2) is 23.2 Å². The molecule has 0 bridgehead atoms. The Labute approximate surface area is 218 Å². The molecule has 0 radical (unpaired) electrons. The third kappa shape index (κ3) is 4.96. The first-order valence-electron chi connectivity index (χ1n) is 13.1. The number of urea groups is 1. The number of nitrogens with zero attached hydrogens (tertiary/aromatic N) is 3. The zero-order valence-corrected chi connectivity index (χ0v) is 22.1. The lowest BCUT2D eigenvalue weighted by molar-refractivity contribution is 0.122. The van der Waals surface area contributed by atoms with E-state index in [1.165, 1.54) is 0 Å². The number of rotatable bonds is 8. The van der Waals surface area contributed by atoms with Gasteiger partial charge in [0.2, 0.25) is 0 Å². The lowest BCUT2D eigenvalue weighted by atomic mass is 10.0. The number of carbonyl (C=O) groups is 1. The molecule has 1 aromatic heterocycles. The highest BCUT2D eigenvalue weighted by Crippen LogP contribution is 2.51. The average Bonchev–Trinajstić information content (AvgIpc) is 3.61. The molecule has 198 valence electrons. The summed E-state index contributed by atoms with van der Waals surface area (Å²) in [5, 5.41) is 4.73. The fraction of sp³-hybridized carbons (Fsp3) is 0.519. The van der Waals surface area contributed by atoms with Crippen LogP contribution in [0.4, 0.5) is 16.3 Å². The summed E-state index contributed by atoms with van der Waals surface area (Å²) in [4.78, 5) is 23.6. The van der Waals surface area contributed by atoms with E-state index in [1.54, 1.807) is 25.3 Å². The summed E-state index contributed by atoms with van der Waals surface area (Å²) < 4.78 is 33.0. The summed E-state index contributed by atoms with van der Waals surface area (Å²) in [6.45, 7) is 6.46. The SMILES string of the molecule is C=CC(C1CC1)S(=O)(=O)C1(c2cc(N3CCOCC3)nc(-c3ccc(NC(=O)NC)cc3)n2)CCCC1. The molecule has 9 nitrogen and oxygen atoms in total. The molecule has 1 unspecified atom stereocenters. The van der Waals surface area contributed by atoms with E-state index in [-0.39, 0.29) is 11.9 Å². The Morgan fingerprint density at radius 1 is 1.16 bits per heavy atom. The van der Waals surface area contributed by atoms with E-state index >= 15 is 0 Å². The number of anilines is 2. The molecular weight excluding hydrogens is 490 g/mol. The van der Waals surface area contributed by atoms with Gasteiger partial charge >= 0.3 is 6.03 Å². The highest BCUT2D eigenvalue weighted by Gasteiger charge is 2.54. The van der Waals surface area contributed by atoms with Crippen LogP contribution >= 0.6 is 0 Å². The quantitative estimate of drug-likeness (QED) is 0.503. The fourth-order valence-corrected chi connectivity index (χ4v) is 8.34. The molecule has 2 aromatic rings. The Kier molecular flexibility index (Phi) is 7.22. The molecule has 1 atom stereocenters. The van der Waals surface area contributed by atoms with Crippen LogP contribution in [0.5, 0.6) is 0 Å². The van der Waals surface area contributed by atoms with Crippen LogP contribution in [0.15, 0.2) is 43.0 Å². The summed E-state index contributed by atoms with van der Waals surface area (Å²) in [5.41, 5.74) is 1.98. The van der Waals surface area contributed by atoms with E-state index in [4.69, 9.17) is 14.7 Å². The van der Waals surface area contributed by atoms with Crippen LogP contribution in [0, 0.1) is 5.92 Å². The number of nitrogens with one attached hydrogen (secondary N) is 2. The lowest BCUT2D eigenvalue weighted by Gasteiger charge is -2.34. The predicted molar refractivity (Wildman–Crippen MR) is 144 cm³/mol. The van der Waals surface area contributed by atoms with E-state index in [1.807, 2.05) is 18.2 Å². The topological polar surface area (TPSA) is 114 Å². The van der Waals surface area contributed by atoms with Crippen LogP contribution in [0.3, 0.4) is 0 Å². The number of aromatic nitrogens is 2. The molecule has 10 heteroatoms. The second kappa shape index (κ2) is 10.4. The standard InChI is InChI=1S/C27H35N5O4S/c1-3-22(19-6-7-19)37(34,35)27(12-4-5-13-27)23-18-24(32-14-16-36-17-15-32)31-25(30-23)20-8-10-21(11-9-20)29-26(33)28-2/h3,8-11,18-19,22H,1,4-7,12-17H2,2H3,(H2,28,29,33). The van der Waals surface area contributed by atoms with Gasteiger partial charge in [-0.2, -0.15) is 0 Å². The van der Waals surface area contributed by atoms with Gasteiger partial charge in [-0.15, -0.1) is 6.58 Å². The first kappa shape index (κ1) is 25.7. The van der Waals surface area contributed by atoms with Gasteiger partial charge in [-0.05, 0) is 55.9 Å². The monoisotopic (exact) mass is 525 g/mol. The number of ether oxygens (including phenoxy) is 1. The molecule has 2 N–H and O–H groups in total. The number of morpholine rings is 1. The van der Waals surface area contributed by atoms with Crippen molar-refractivity contribution in [2.24, 2.45) is 5.92 Å². The maximum Gasteiger partial charge on any atom is 0.318 e. The molecule has 2 heterocycles. The molecule has 5 rings (SSSR count). The highest BCUT2D eigenvalue weighted by molar-refractivity contribution is 7.93. The Morgan fingerprint density at radius 2 is 1.84 bits per heavy atom.